The van der Waals surface area contributed by atoms with E-state index < -0.39 is 38.1 Å². The van der Waals surface area contributed by atoms with Gasteiger partial charge in [0.25, 0.3) is 22.2 Å². The fourth-order valence-corrected chi connectivity index (χ4v) is 5.33. The van der Waals surface area contributed by atoms with Crippen molar-refractivity contribution in [1.82, 2.24) is 4.90 Å². The number of hydrogen-bond acceptors (Lipinski definition) is 9. The molecule has 0 amide bonds. The monoisotopic (exact) mass is 613 g/mol. The standard InChI is InChI=1S/C34H39N5O6/c1-22(2)15-17-37(18-16-23(3)4)32(25-13-9-6-10-14-25)29(24-11-7-5-8-12-24)36-31-30(33(40)34(31)41)35-26-19-27(38(42)43)21-28(20-26)39(44)45/h5-14,19-23,29,32,35-36H,15-18H2,1-4H3/t29-,32-/m0/s1. The number of rotatable bonds is 16. The third-order valence-electron chi connectivity index (χ3n) is 7.80. The molecule has 0 radical (unpaired) electrons. The molecule has 4 rings (SSSR count). The number of benzene rings is 3. The Morgan fingerprint density at radius 3 is 1.62 bits per heavy atom. The van der Waals surface area contributed by atoms with Crippen molar-refractivity contribution in [2.45, 2.75) is 52.6 Å². The lowest BCUT2D eigenvalue weighted by molar-refractivity contribution is -0.394. The lowest BCUT2D eigenvalue weighted by Crippen LogP contribution is -2.42. The lowest BCUT2D eigenvalue weighted by Gasteiger charge is -2.39. The number of nitro benzene ring substituents is 2. The maximum absolute atomic E-state index is 13.1. The van der Waals surface area contributed by atoms with E-state index in [0.29, 0.717) is 11.8 Å². The molecule has 0 saturated carbocycles. The van der Waals surface area contributed by atoms with E-state index in [0.717, 1.165) is 55.3 Å². The van der Waals surface area contributed by atoms with Crippen molar-refractivity contribution in [2.24, 2.45) is 11.8 Å². The van der Waals surface area contributed by atoms with E-state index in [1.807, 2.05) is 48.5 Å². The lowest BCUT2D eigenvalue weighted by atomic mass is 9.90. The van der Waals surface area contributed by atoms with Crippen LogP contribution in [-0.4, -0.2) is 27.8 Å². The van der Waals surface area contributed by atoms with Gasteiger partial charge in [0.2, 0.25) is 0 Å². The van der Waals surface area contributed by atoms with Gasteiger partial charge in [0.1, 0.15) is 11.4 Å². The van der Waals surface area contributed by atoms with Crippen molar-refractivity contribution < 1.29 is 9.85 Å². The summed E-state index contributed by atoms with van der Waals surface area (Å²) in [6.45, 7) is 10.4. The fourth-order valence-electron chi connectivity index (χ4n) is 5.33. The molecule has 11 nitrogen and oxygen atoms in total. The summed E-state index contributed by atoms with van der Waals surface area (Å²) in [5, 5.41) is 29.1. The predicted molar refractivity (Wildman–Crippen MR) is 177 cm³/mol. The molecule has 0 saturated heterocycles. The maximum Gasteiger partial charge on any atom is 0.278 e. The number of nitrogens with zero attached hydrogens (tertiary/aromatic N) is 3. The third kappa shape index (κ3) is 8.18. The van der Waals surface area contributed by atoms with Crippen molar-refractivity contribution in [2.75, 3.05) is 23.7 Å². The summed E-state index contributed by atoms with van der Waals surface area (Å²) in [7, 11) is 0. The molecule has 0 spiro atoms. The largest absolute Gasteiger partial charge is 0.371 e. The van der Waals surface area contributed by atoms with Gasteiger partial charge in [0.15, 0.2) is 0 Å². The second-order valence-electron chi connectivity index (χ2n) is 12.1. The molecule has 45 heavy (non-hydrogen) atoms. The number of nitrogens with one attached hydrogen (secondary N) is 2. The third-order valence-corrected chi connectivity index (χ3v) is 7.80. The van der Waals surface area contributed by atoms with Gasteiger partial charge in [-0.3, -0.25) is 34.7 Å². The van der Waals surface area contributed by atoms with Crippen LogP contribution in [0.4, 0.5) is 28.4 Å². The topological polar surface area (TPSA) is 148 Å². The predicted octanol–water partition coefficient (Wildman–Crippen LogP) is 7.13. The summed E-state index contributed by atoms with van der Waals surface area (Å²) in [6.07, 6.45) is 1.92. The minimum absolute atomic E-state index is 0.0246. The highest BCUT2D eigenvalue weighted by Crippen LogP contribution is 2.39. The van der Waals surface area contributed by atoms with Crippen LogP contribution in [0.2, 0.25) is 0 Å². The van der Waals surface area contributed by atoms with Crippen LogP contribution in [0.5, 0.6) is 0 Å². The SMILES string of the molecule is CC(C)CCN(CCC(C)C)[C@@H](c1ccccc1)[C@@H](Nc1c(Nc2cc([N+](=O)[O-])cc([N+](=O)[O-])c2)c(=O)c1=O)c1ccccc1. The van der Waals surface area contributed by atoms with Gasteiger partial charge < -0.3 is 10.6 Å². The first-order chi connectivity index (χ1) is 21.5. The Morgan fingerprint density at radius 2 is 1.16 bits per heavy atom. The van der Waals surface area contributed by atoms with Crippen LogP contribution in [-0.2, 0) is 0 Å². The van der Waals surface area contributed by atoms with E-state index in [1.54, 1.807) is 0 Å². The van der Waals surface area contributed by atoms with Crippen molar-refractivity contribution in [1.29, 1.82) is 0 Å². The summed E-state index contributed by atoms with van der Waals surface area (Å²) >= 11 is 0. The van der Waals surface area contributed by atoms with E-state index in [1.165, 1.54) is 0 Å². The van der Waals surface area contributed by atoms with E-state index in [-0.39, 0.29) is 23.1 Å². The highest BCUT2D eigenvalue weighted by atomic mass is 16.6. The Kier molecular flexibility index (Phi) is 10.8. The highest BCUT2D eigenvalue weighted by Gasteiger charge is 2.34. The molecule has 0 aliphatic carbocycles. The van der Waals surface area contributed by atoms with Gasteiger partial charge in [-0.05, 0) is 48.9 Å². The first-order valence-corrected chi connectivity index (χ1v) is 15.1. The number of non-ortho nitro benzene ring substituents is 2. The van der Waals surface area contributed by atoms with Crippen LogP contribution in [0.1, 0.15) is 63.7 Å². The van der Waals surface area contributed by atoms with E-state index >= 15 is 0 Å². The first kappa shape index (κ1) is 33.0. The summed E-state index contributed by atoms with van der Waals surface area (Å²) in [4.78, 5) is 49.8. The Labute approximate surface area is 261 Å². The normalized spacial score (nSPS) is 12.9. The van der Waals surface area contributed by atoms with Gasteiger partial charge in [-0.2, -0.15) is 0 Å². The van der Waals surface area contributed by atoms with Gasteiger partial charge in [-0.1, -0.05) is 88.4 Å². The van der Waals surface area contributed by atoms with Crippen LogP contribution in [0.3, 0.4) is 0 Å². The molecule has 0 aliphatic heterocycles. The molecule has 0 bridgehead atoms. The molecule has 2 atom stereocenters. The second kappa shape index (κ2) is 14.7. The first-order valence-electron chi connectivity index (χ1n) is 15.1. The van der Waals surface area contributed by atoms with Gasteiger partial charge >= 0.3 is 0 Å². The summed E-state index contributed by atoms with van der Waals surface area (Å²) in [5.74, 6) is 0.934. The zero-order chi connectivity index (χ0) is 32.7. The van der Waals surface area contributed by atoms with Crippen LogP contribution >= 0.6 is 0 Å². The Hall–Kier alpha value is -4.90. The Balaban J connectivity index is 1.81. The van der Waals surface area contributed by atoms with Gasteiger partial charge in [0.05, 0.1) is 33.7 Å². The molecular weight excluding hydrogens is 574 g/mol. The molecule has 11 heteroatoms. The highest BCUT2D eigenvalue weighted by molar-refractivity contribution is 5.80. The van der Waals surface area contributed by atoms with E-state index in [9.17, 15) is 29.8 Å². The molecule has 0 aromatic heterocycles. The number of anilines is 3. The van der Waals surface area contributed by atoms with Crippen LogP contribution in [0, 0.1) is 32.1 Å². The van der Waals surface area contributed by atoms with Crippen molar-refractivity contribution >= 4 is 28.4 Å². The fraction of sp³-hybridized carbons (Fsp3) is 0.353. The van der Waals surface area contributed by atoms with Gasteiger partial charge in [-0.15, -0.1) is 0 Å². The number of hydrogen-bond donors (Lipinski definition) is 2. The molecule has 4 aromatic rings. The smallest absolute Gasteiger partial charge is 0.278 e. The van der Waals surface area contributed by atoms with Crippen LogP contribution in [0.15, 0.2) is 88.5 Å². The second-order valence-corrected chi connectivity index (χ2v) is 12.1. The average molecular weight is 614 g/mol. The summed E-state index contributed by atoms with van der Waals surface area (Å²) in [6, 6.07) is 22.0. The van der Waals surface area contributed by atoms with Crippen molar-refractivity contribution in [3.8, 4) is 0 Å². The minimum atomic E-state index is -0.814. The maximum atomic E-state index is 13.1. The summed E-state index contributed by atoms with van der Waals surface area (Å²) < 4.78 is 0. The van der Waals surface area contributed by atoms with Crippen molar-refractivity contribution in [3.63, 3.8) is 0 Å². The van der Waals surface area contributed by atoms with Crippen molar-refractivity contribution in [3.05, 3.63) is 131 Å². The molecule has 0 heterocycles. The molecule has 2 N–H and O–H groups in total. The average Bonchev–Trinajstić information content (AvgIpc) is 3.03. The zero-order valence-corrected chi connectivity index (χ0v) is 25.9. The van der Waals surface area contributed by atoms with Gasteiger partial charge in [0, 0.05) is 12.1 Å². The Morgan fingerprint density at radius 1 is 0.689 bits per heavy atom. The zero-order valence-electron chi connectivity index (χ0n) is 25.9. The van der Waals surface area contributed by atoms with E-state index in [4.69, 9.17) is 0 Å². The quantitative estimate of drug-likeness (QED) is 0.0764. The van der Waals surface area contributed by atoms with Crippen LogP contribution < -0.4 is 21.5 Å². The van der Waals surface area contributed by atoms with Crippen LogP contribution in [0.25, 0.3) is 0 Å². The molecule has 0 aliphatic rings. The number of nitro groups is 2. The summed E-state index contributed by atoms with van der Waals surface area (Å²) in [5.41, 5.74) is -0.765. The van der Waals surface area contributed by atoms with Gasteiger partial charge in [-0.25, -0.2) is 0 Å². The minimum Gasteiger partial charge on any atom is -0.371 e. The molecule has 4 aromatic carbocycles. The molecular formula is C34H39N5O6. The van der Waals surface area contributed by atoms with E-state index in [2.05, 4.69) is 55.4 Å². The molecule has 236 valence electrons. The Bertz CT molecular complexity index is 1640. The molecule has 0 unspecified atom stereocenters. The molecule has 0 fully saturated rings.